The van der Waals surface area contributed by atoms with Crippen molar-refractivity contribution >= 4 is 23.1 Å². The number of amides is 1. The van der Waals surface area contributed by atoms with E-state index in [1.165, 1.54) is 6.42 Å². The lowest BCUT2D eigenvalue weighted by Gasteiger charge is -2.42. The molecule has 4 nitrogen and oxygen atoms in total. The smallest absolute Gasteiger partial charge is 0.235 e. The highest BCUT2D eigenvalue weighted by Crippen LogP contribution is 2.31. The van der Waals surface area contributed by atoms with Crippen molar-refractivity contribution in [2.75, 3.05) is 13.2 Å². The fourth-order valence-electron chi connectivity index (χ4n) is 2.14. The molecule has 1 amide bonds. The highest BCUT2D eigenvalue weighted by Gasteiger charge is 2.41. The molecular formula is C13H24N2O2S. The van der Waals surface area contributed by atoms with Gasteiger partial charge in [0, 0.05) is 19.2 Å². The molecule has 0 spiro atoms. The van der Waals surface area contributed by atoms with Crippen molar-refractivity contribution in [3.8, 4) is 0 Å². The molecule has 0 radical (unpaired) electrons. The van der Waals surface area contributed by atoms with Gasteiger partial charge in [-0.25, -0.2) is 0 Å². The molecule has 0 saturated heterocycles. The molecule has 3 N–H and O–H groups in total. The standard InChI is InChI=1S/C13H24N2O2S/c1-3-13(2,11(14)18)12(17)15(8-5-9-16)10-6-4-7-10/h10,16H,3-9H2,1-2H3,(H2,14,18). The van der Waals surface area contributed by atoms with Crippen LogP contribution in [0.4, 0.5) is 0 Å². The zero-order valence-corrected chi connectivity index (χ0v) is 12.1. The summed E-state index contributed by atoms with van der Waals surface area (Å²) in [6.07, 6.45) is 4.49. The van der Waals surface area contributed by atoms with Gasteiger partial charge in [0.1, 0.15) is 0 Å². The van der Waals surface area contributed by atoms with Crippen LogP contribution in [0, 0.1) is 5.41 Å². The van der Waals surface area contributed by atoms with E-state index >= 15 is 0 Å². The van der Waals surface area contributed by atoms with Crippen LogP contribution in [0.3, 0.4) is 0 Å². The summed E-state index contributed by atoms with van der Waals surface area (Å²) in [4.78, 5) is 14.8. The molecular weight excluding hydrogens is 248 g/mol. The average molecular weight is 272 g/mol. The first-order valence-corrected chi connectivity index (χ1v) is 7.10. The average Bonchev–Trinajstić information content (AvgIpc) is 2.29. The number of rotatable bonds is 7. The number of aliphatic hydroxyl groups is 1. The molecule has 0 aromatic heterocycles. The van der Waals surface area contributed by atoms with Gasteiger partial charge in [0.05, 0.1) is 10.4 Å². The summed E-state index contributed by atoms with van der Waals surface area (Å²) >= 11 is 5.06. The van der Waals surface area contributed by atoms with Crippen LogP contribution in [0.25, 0.3) is 0 Å². The minimum absolute atomic E-state index is 0.0238. The Kier molecular flexibility index (Phi) is 5.53. The van der Waals surface area contributed by atoms with Crippen LogP contribution in [0.15, 0.2) is 0 Å². The van der Waals surface area contributed by atoms with Crippen molar-refractivity contribution in [2.45, 2.75) is 52.0 Å². The molecule has 1 unspecified atom stereocenters. The van der Waals surface area contributed by atoms with Gasteiger partial charge in [0.2, 0.25) is 5.91 Å². The zero-order valence-electron chi connectivity index (χ0n) is 11.3. The number of carbonyl (C=O) groups excluding carboxylic acids is 1. The Bertz CT molecular complexity index is 318. The highest BCUT2D eigenvalue weighted by atomic mass is 32.1. The Hall–Kier alpha value is -0.680. The van der Waals surface area contributed by atoms with E-state index in [0.29, 0.717) is 25.4 Å². The van der Waals surface area contributed by atoms with Gasteiger partial charge in [0.15, 0.2) is 0 Å². The third-order valence-electron chi connectivity index (χ3n) is 4.06. The summed E-state index contributed by atoms with van der Waals surface area (Å²) in [5.74, 6) is 0.0238. The molecule has 0 aliphatic heterocycles. The topological polar surface area (TPSA) is 66.6 Å². The van der Waals surface area contributed by atoms with Crippen molar-refractivity contribution < 1.29 is 9.90 Å². The third kappa shape index (κ3) is 3.01. The lowest BCUT2D eigenvalue weighted by atomic mass is 9.83. The van der Waals surface area contributed by atoms with Gasteiger partial charge >= 0.3 is 0 Å². The monoisotopic (exact) mass is 272 g/mol. The molecule has 1 fully saturated rings. The normalized spacial score (nSPS) is 18.8. The van der Waals surface area contributed by atoms with Crippen molar-refractivity contribution in [3.63, 3.8) is 0 Å². The maximum atomic E-state index is 12.7. The molecule has 1 rings (SSSR count). The number of hydrogen-bond acceptors (Lipinski definition) is 3. The van der Waals surface area contributed by atoms with Gasteiger partial charge in [-0.3, -0.25) is 4.79 Å². The van der Waals surface area contributed by atoms with Crippen molar-refractivity contribution in [1.82, 2.24) is 4.90 Å². The molecule has 18 heavy (non-hydrogen) atoms. The summed E-state index contributed by atoms with van der Waals surface area (Å²) in [6.45, 7) is 4.45. The van der Waals surface area contributed by atoms with Crippen LogP contribution in [-0.2, 0) is 4.79 Å². The van der Waals surface area contributed by atoms with Crippen LogP contribution in [-0.4, -0.2) is 40.1 Å². The first kappa shape index (κ1) is 15.4. The number of hydrogen-bond donors (Lipinski definition) is 2. The van der Waals surface area contributed by atoms with Crippen LogP contribution in [0.5, 0.6) is 0 Å². The molecule has 1 aliphatic carbocycles. The van der Waals surface area contributed by atoms with Gasteiger partial charge in [-0.2, -0.15) is 0 Å². The SMILES string of the molecule is CCC(C)(C(=O)N(CCCO)C1CCC1)C(N)=S. The van der Waals surface area contributed by atoms with E-state index in [-0.39, 0.29) is 17.5 Å². The minimum Gasteiger partial charge on any atom is -0.396 e. The summed E-state index contributed by atoms with van der Waals surface area (Å²) in [6, 6.07) is 0.310. The number of nitrogens with two attached hydrogens (primary N) is 1. The van der Waals surface area contributed by atoms with E-state index in [0.717, 1.165) is 12.8 Å². The lowest BCUT2D eigenvalue weighted by Crippen LogP contribution is -2.54. The molecule has 1 aliphatic rings. The summed E-state index contributed by atoms with van der Waals surface area (Å²) in [5, 5.41) is 8.95. The van der Waals surface area contributed by atoms with Crippen LogP contribution in [0.2, 0.25) is 0 Å². The predicted molar refractivity (Wildman–Crippen MR) is 76.2 cm³/mol. The molecule has 104 valence electrons. The minimum atomic E-state index is -0.750. The molecule has 5 heteroatoms. The number of thiocarbonyl (C=S) groups is 1. The quantitative estimate of drug-likeness (QED) is 0.688. The van der Waals surface area contributed by atoms with E-state index in [2.05, 4.69) is 0 Å². The Balaban J connectivity index is 2.82. The third-order valence-corrected chi connectivity index (χ3v) is 4.51. The van der Waals surface area contributed by atoms with E-state index in [1.54, 1.807) is 0 Å². The van der Waals surface area contributed by atoms with Crippen molar-refractivity contribution in [2.24, 2.45) is 11.1 Å². The van der Waals surface area contributed by atoms with E-state index in [9.17, 15) is 4.79 Å². The summed E-state index contributed by atoms with van der Waals surface area (Å²) in [7, 11) is 0. The van der Waals surface area contributed by atoms with Crippen LogP contribution >= 0.6 is 12.2 Å². The van der Waals surface area contributed by atoms with Crippen molar-refractivity contribution in [3.05, 3.63) is 0 Å². The first-order valence-electron chi connectivity index (χ1n) is 6.69. The number of carbonyl (C=O) groups is 1. The Morgan fingerprint density at radius 3 is 2.50 bits per heavy atom. The molecule has 0 heterocycles. The Morgan fingerprint density at radius 1 is 1.56 bits per heavy atom. The maximum Gasteiger partial charge on any atom is 0.235 e. The van der Waals surface area contributed by atoms with Gasteiger partial charge in [-0.15, -0.1) is 0 Å². The predicted octanol–water partition coefficient (Wildman–Crippen LogP) is 1.45. The molecule has 0 aromatic carbocycles. The fourth-order valence-corrected chi connectivity index (χ4v) is 2.37. The Labute approximate surface area is 115 Å². The van der Waals surface area contributed by atoms with E-state index in [4.69, 9.17) is 23.1 Å². The van der Waals surface area contributed by atoms with Gasteiger partial charge < -0.3 is 15.7 Å². The highest BCUT2D eigenvalue weighted by molar-refractivity contribution is 7.80. The maximum absolute atomic E-state index is 12.7. The lowest BCUT2D eigenvalue weighted by molar-refractivity contribution is -0.142. The Morgan fingerprint density at radius 2 is 2.17 bits per heavy atom. The van der Waals surface area contributed by atoms with Gasteiger partial charge in [-0.05, 0) is 39.0 Å². The van der Waals surface area contributed by atoms with Crippen LogP contribution < -0.4 is 5.73 Å². The molecule has 0 bridgehead atoms. The van der Waals surface area contributed by atoms with Crippen LogP contribution in [0.1, 0.15) is 46.0 Å². The number of aliphatic hydroxyl groups excluding tert-OH is 1. The molecule has 0 aromatic rings. The second-order valence-corrected chi connectivity index (χ2v) is 5.65. The van der Waals surface area contributed by atoms with Gasteiger partial charge in [0.25, 0.3) is 0 Å². The molecule has 1 saturated carbocycles. The molecule has 1 atom stereocenters. The van der Waals surface area contributed by atoms with Gasteiger partial charge in [-0.1, -0.05) is 19.1 Å². The van der Waals surface area contributed by atoms with E-state index < -0.39 is 5.41 Å². The first-order chi connectivity index (χ1) is 8.47. The van der Waals surface area contributed by atoms with E-state index in [1.807, 2.05) is 18.7 Å². The van der Waals surface area contributed by atoms with Crippen molar-refractivity contribution in [1.29, 1.82) is 0 Å². The fraction of sp³-hybridized carbons (Fsp3) is 0.846. The second-order valence-electron chi connectivity index (χ2n) is 5.21. The summed E-state index contributed by atoms with van der Waals surface area (Å²) < 4.78 is 0. The second kappa shape index (κ2) is 6.48. The summed E-state index contributed by atoms with van der Waals surface area (Å²) in [5.41, 5.74) is 4.99. The number of nitrogens with zero attached hydrogens (tertiary/aromatic N) is 1. The zero-order chi connectivity index (χ0) is 13.8. The largest absolute Gasteiger partial charge is 0.396 e.